The van der Waals surface area contributed by atoms with Crippen LogP contribution in [0.25, 0.3) is 0 Å². The van der Waals surface area contributed by atoms with Crippen LogP contribution in [-0.4, -0.2) is 16.2 Å². The third-order valence-corrected chi connectivity index (χ3v) is 3.84. The number of benzene rings is 1. The van der Waals surface area contributed by atoms with Gasteiger partial charge in [0, 0.05) is 16.9 Å². The Bertz CT molecular complexity index is 471. The van der Waals surface area contributed by atoms with E-state index >= 15 is 0 Å². The molecule has 0 saturated carbocycles. The Morgan fingerprint density at radius 3 is 2.59 bits per heavy atom. The molecule has 4 heteroatoms. The lowest BCUT2D eigenvalue weighted by Crippen LogP contribution is -2.06. The van der Waals surface area contributed by atoms with Crippen LogP contribution in [0.1, 0.15) is 11.1 Å². The maximum atomic E-state index is 5.73. The summed E-state index contributed by atoms with van der Waals surface area (Å²) >= 11 is 3.55. The first-order valence-corrected chi connectivity index (χ1v) is 6.31. The number of rotatable bonds is 4. The highest BCUT2D eigenvalue weighted by Gasteiger charge is 2.03. The fraction of sp³-hybridized carbons (Fsp3) is 0.308. The van der Waals surface area contributed by atoms with Crippen molar-refractivity contribution in [1.29, 1.82) is 0 Å². The monoisotopic (exact) mass is 294 g/mol. The van der Waals surface area contributed by atoms with Crippen molar-refractivity contribution >= 4 is 15.9 Å². The Balaban J connectivity index is 1.95. The van der Waals surface area contributed by atoms with Crippen molar-refractivity contribution in [1.82, 2.24) is 9.55 Å². The zero-order chi connectivity index (χ0) is 12.3. The summed E-state index contributed by atoms with van der Waals surface area (Å²) in [6.07, 6.45) is 5.50. The van der Waals surface area contributed by atoms with Crippen molar-refractivity contribution < 1.29 is 4.74 Å². The third kappa shape index (κ3) is 3.09. The first-order valence-electron chi connectivity index (χ1n) is 5.52. The normalized spacial score (nSPS) is 10.5. The SMILES string of the molecule is Cc1cc(OCCn2ccnc2)cc(C)c1Br. The zero-order valence-electron chi connectivity index (χ0n) is 9.98. The third-order valence-electron chi connectivity index (χ3n) is 2.59. The summed E-state index contributed by atoms with van der Waals surface area (Å²) in [5.41, 5.74) is 2.39. The molecule has 2 aromatic rings. The molecule has 0 aliphatic heterocycles. The smallest absolute Gasteiger partial charge is 0.119 e. The average Bonchev–Trinajstić information content (AvgIpc) is 2.79. The van der Waals surface area contributed by atoms with Crippen LogP contribution in [0.5, 0.6) is 5.75 Å². The maximum absolute atomic E-state index is 5.73. The number of hydrogen-bond donors (Lipinski definition) is 0. The molecule has 0 aliphatic carbocycles. The Morgan fingerprint density at radius 1 is 1.29 bits per heavy atom. The van der Waals surface area contributed by atoms with Crippen molar-refractivity contribution in [2.45, 2.75) is 20.4 Å². The van der Waals surface area contributed by atoms with Crippen LogP contribution in [0.3, 0.4) is 0 Å². The van der Waals surface area contributed by atoms with E-state index in [0.29, 0.717) is 6.61 Å². The van der Waals surface area contributed by atoms with Gasteiger partial charge in [0.2, 0.25) is 0 Å². The predicted octanol–water partition coefficient (Wildman–Crippen LogP) is 3.34. The molecule has 0 spiro atoms. The lowest BCUT2D eigenvalue weighted by atomic mass is 10.1. The molecule has 0 amide bonds. The Labute approximate surface area is 110 Å². The highest BCUT2D eigenvalue weighted by molar-refractivity contribution is 9.10. The van der Waals surface area contributed by atoms with E-state index < -0.39 is 0 Å². The quantitative estimate of drug-likeness (QED) is 0.865. The number of aromatic nitrogens is 2. The molecule has 90 valence electrons. The standard InChI is InChI=1S/C13H15BrN2O/c1-10-7-12(8-11(2)13(10)14)17-6-5-16-4-3-15-9-16/h3-4,7-9H,5-6H2,1-2H3. The van der Waals surface area contributed by atoms with E-state index in [1.807, 2.05) is 22.9 Å². The minimum Gasteiger partial charge on any atom is -0.492 e. The second kappa shape index (κ2) is 5.36. The van der Waals surface area contributed by atoms with Gasteiger partial charge in [-0.3, -0.25) is 0 Å². The molecule has 0 radical (unpaired) electrons. The van der Waals surface area contributed by atoms with Gasteiger partial charge in [0.25, 0.3) is 0 Å². The van der Waals surface area contributed by atoms with E-state index in [9.17, 15) is 0 Å². The molecule has 3 nitrogen and oxygen atoms in total. The van der Waals surface area contributed by atoms with E-state index in [2.05, 4.69) is 34.8 Å². The topological polar surface area (TPSA) is 27.1 Å². The van der Waals surface area contributed by atoms with Gasteiger partial charge >= 0.3 is 0 Å². The Hall–Kier alpha value is -1.29. The second-order valence-corrected chi connectivity index (χ2v) is 4.81. The molecule has 0 bridgehead atoms. The first kappa shape index (κ1) is 12.2. The van der Waals surface area contributed by atoms with E-state index in [0.717, 1.165) is 16.8 Å². The van der Waals surface area contributed by atoms with Gasteiger partial charge < -0.3 is 9.30 Å². The molecule has 0 unspecified atom stereocenters. The number of halogens is 1. The van der Waals surface area contributed by atoms with Crippen molar-refractivity contribution in [2.75, 3.05) is 6.61 Å². The molecule has 1 aromatic heterocycles. The minimum absolute atomic E-state index is 0.650. The maximum Gasteiger partial charge on any atom is 0.119 e. The molecular formula is C13H15BrN2O. The van der Waals surface area contributed by atoms with E-state index in [1.165, 1.54) is 11.1 Å². The summed E-state index contributed by atoms with van der Waals surface area (Å²) in [7, 11) is 0. The summed E-state index contributed by atoms with van der Waals surface area (Å²) < 4.78 is 8.88. The van der Waals surface area contributed by atoms with E-state index in [4.69, 9.17) is 4.74 Å². The zero-order valence-corrected chi connectivity index (χ0v) is 11.6. The summed E-state index contributed by atoms with van der Waals surface area (Å²) in [5, 5.41) is 0. The summed E-state index contributed by atoms with van der Waals surface area (Å²) in [6, 6.07) is 4.09. The molecule has 1 aromatic carbocycles. The number of aryl methyl sites for hydroxylation is 2. The molecule has 0 atom stereocenters. The summed E-state index contributed by atoms with van der Waals surface area (Å²) in [5.74, 6) is 0.920. The van der Waals surface area contributed by atoms with Crippen LogP contribution in [0.2, 0.25) is 0 Å². The van der Waals surface area contributed by atoms with Gasteiger partial charge in [-0.15, -0.1) is 0 Å². The molecule has 0 aliphatic rings. The second-order valence-electron chi connectivity index (χ2n) is 4.02. The lowest BCUT2D eigenvalue weighted by Gasteiger charge is -2.10. The van der Waals surface area contributed by atoms with Crippen LogP contribution in [-0.2, 0) is 6.54 Å². The molecule has 2 rings (SSSR count). The van der Waals surface area contributed by atoms with Crippen LogP contribution < -0.4 is 4.74 Å². The van der Waals surface area contributed by atoms with Crippen LogP contribution >= 0.6 is 15.9 Å². The van der Waals surface area contributed by atoms with Crippen LogP contribution in [0.15, 0.2) is 35.3 Å². The highest BCUT2D eigenvalue weighted by atomic mass is 79.9. The fourth-order valence-electron chi connectivity index (χ4n) is 1.68. The Kier molecular flexibility index (Phi) is 3.84. The molecular weight excluding hydrogens is 280 g/mol. The van der Waals surface area contributed by atoms with Crippen LogP contribution in [0.4, 0.5) is 0 Å². The largest absolute Gasteiger partial charge is 0.492 e. The van der Waals surface area contributed by atoms with Gasteiger partial charge in [0.05, 0.1) is 12.9 Å². The summed E-state index contributed by atoms with van der Waals surface area (Å²) in [6.45, 7) is 5.60. The highest BCUT2D eigenvalue weighted by Crippen LogP contribution is 2.26. The summed E-state index contributed by atoms with van der Waals surface area (Å²) in [4.78, 5) is 3.99. The number of nitrogens with zero attached hydrogens (tertiary/aromatic N) is 2. The van der Waals surface area contributed by atoms with Crippen molar-refractivity contribution in [3.05, 3.63) is 46.5 Å². The first-order chi connectivity index (χ1) is 8.16. The fourth-order valence-corrected chi connectivity index (χ4v) is 1.91. The van der Waals surface area contributed by atoms with Crippen LogP contribution in [0, 0.1) is 13.8 Å². The number of imidazole rings is 1. The molecule has 0 fully saturated rings. The van der Waals surface area contributed by atoms with E-state index in [1.54, 1.807) is 12.5 Å². The van der Waals surface area contributed by atoms with Gasteiger partial charge in [0.15, 0.2) is 0 Å². The minimum atomic E-state index is 0.650. The van der Waals surface area contributed by atoms with Gasteiger partial charge in [-0.2, -0.15) is 0 Å². The number of ether oxygens (including phenoxy) is 1. The van der Waals surface area contributed by atoms with Gasteiger partial charge in [-0.05, 0) is 37.1 Å². The molecule has 17 heavy (non-hydrogen) atoms. The van der Waals surface area contributed by atoms with Gasteiger partial charge in [-0.25, -0.2) is 4.98 Å². The predicted molar refractivity (Wildman–Crippen MR) is 71.3 cm³/mol. The van der Waals surface area contributed by atoms with Crippen molar-refractivity contribution in [2.24, 2.45) is 0 Å². The van der Waals surface area contributed by atoms with Gasteiger partial charge in [-0.1, -0.05) is 15.9 Å². The molecule has 0 saturated heterocycles. The molecule has 1 heterocycles. The van der Waals surface area contributed by atoms with Crippen molar-refractivity contribution in [3.8, 4) is 5.75 Å². The average molecular weight is 295 g/mol. The Morgan fingerprint density at radius 2 is 2.00 bits per heavy atom. The van der Waals surface area contributed by atoms with E-state index in [-0.39, 0.29) is 0 Å². The number of hydrogen-bond acceptors (Lipinski definition) is 2. The van der Waals surface area contributed by atoms with Gasteiger partial charge in [0.1, 0.15) is 12.4 Å². The molecule has 0 N–H and O–H groups in total. The lowest BCUT2D eigenvalue weighted by molar-refractivity contribution is 0.298. The van der Waals surface area contributed by atoms with Crippen molar-refractivity contribution in [3.63, 3.8) is 0 Å².